The Morgan fingerprint density at radius 1 is 0.941 bits per heavy atom. The van der Waals surface area contributed by atoms with Crippen LogP contribution in [0.15, 0.2) is 60.7 Å². The number of carbonyl (C=O) groups is 1. The van der Waals surface area contributed by atoms with Crippen molar-refractivity contribution in [1.82, 2.24) is 0 Å². The van der Waals surface area contributed by atoms with Gasteiger partial charge in [-0.25, -0.2) is 5.84 Å². The summed E-state index contributed by atoms with van der Waals surface area (Å²) < 4.78 is 0. The third-order valence-corrected chi connectivity index (χ3v) is 2.10. The van der Waals surface area contributed by atoms with Crippen molar-refractivity contribution < 1.29 is 4.79 Å². The first kappa shape index (κ1) is 12.9. The molecule has 0 saturated carbocycles. The molecule has 0 aliphatic heterocycles. The predicted molar refractivity (Wildman–Crippen MR) is 70.9 cm³/mol. The SMILES string of the molecule is CN(N)c1ccccc1.O=Cc1ccccc1. The van der Waals surface area contributed by atoms with E-state index in [0.29, 0.717) is 0 Å². The van der Waals surface area contributed by atoms with Crippen LogP contribution in [0.25, 0.3) is 0 Å². The predicted octanol–water partition coefficient (Wildman–Crippen LogP) is 2.50. The Labute approximate surface area is 101 Å². The molecule has 2 N–H and O–H groups in total. The summed E-state index contributed by atoms with van der Waals surface area (Å²) in [7, 11) is 1.81. The van der Waals surface area contributed by atoms with Crippen LogP contribution in [-0.4, -0.2) is 13.3 Å². The van der Waals surface area contributed by atoms with Crippen molar-refractivity contribution in [2.75, 3.05) is 12.1 Å². The molecule has 0 radical (unpaired) electrons. The van der Waals surface area contributed by atoms with Gasteiger partial charge in [0.15, 0.2) is 0 Å². The molecule has 0 bridgehead atoms. The summed E-state index contributed by atoms with van der Waals surface area (Å²) in [6.07, 6.45) is 0.833. The lowest BCUT2D eigenvalue weighted by Crippen LogP contribution is -2.24. The number of aldehydes is 1. The Morgan fingerprint density at radius 2 is 1.41 bits per heavy atom. The molecule has 3 heteroatoms. The van der Waals surface area contributed by atoms with Gasteiger partial charge in [0.05, 0.1) is 5.69 Å². The minimum atomic E-state index is 0.729. The van der Waals surface area contributed by atoms with E-state index in [1.807, 2.05) is 55.6 Å². The molecule has 2 aromatic carbocycles. The fraction of sp³-hybridized carbons (Fsp3) is 0.0714. The smallest absolute Gasteiger partial charge is 0.150 e. The maximum atomic E-state index is 10.0. The van der Waals surface area contributed by atoms with Crippen LogP contribution >= 0.6 is 0 Å². The minimum Gasteiger partial charge on any atom is -0.314 e. The van der Waals surface area contributed by atoms with E-state index in [0.717, 1.165) is 17.5 Å². The Hall–Kier alpha value is -2.13. The fourth-order valence-electron chi connectivity index (χ4n) is 1.19. The van der Waals surface area contributed by atoms with E-state index in [1.165, 1.54) is 0 Å². The average molecular weight is 228 g/mol. The molecular formula is C14H16N2O. The highest BCUT2D eigenvalue weighted by Crippen LogP contribution is 2.05. The van der Waals surface area contributed by atoms with Gasteiger partial charge in [0.25, 0.3) is 0 Å². The molecule has 0 fully saturated rings. The van der Waals surface area contributed by atoms with Gasteiger partial charge in [-0.05, 0) is 12.1 Å². The lowest BCUT2D eigenvalue weighted by Gasteiger charge is -2.09. The van der Waals surface area contributed by atoms with Gasteiger partial charge in [-0.2, -0.15) is 0 Å². The highest BCUT2D eigenvalue weighted by molar-refractivity contribution is 5.74. The van der Waals surface area contributed by atoms with Gasteiger partial charge in [0.1, 0.15) is 6.29 Å². The second-order valence-corrected chi connectivity index (χ2v) is 3.47. The Morgan fingerprint density at radius 3 is 1.71 bits per heavy atom. The van der Waals surface area contributed by atoms with Crippen molar-refractivity contribution in [1.29, 1.82) is 0 Å². The minimum absolute atomic E-state index is 0.729. The summed E-state index contributed by atoms with van der Waals surface area (Å²) in [6.45, 7) is 0. The molecule has 0 heterocycles. The number of para-hydroxylation sites is 1. The molecule has 0 saturated heterocycles. The fourth-order valence-corrected chi connectivity index (χ4v) is 1.19. The van der Waals surface area contributed by atoms with Crippen LogP contribution in [-0.2, 0) is 0 Å². The number of carbonyl (C=O) groups excluding carboxylic acids is 1. The van der Waals surface area contributed by atoms with Crippen molar-refractivity contribution in [3.63, 3.8) is 0 Å². The lowest BCUT2D eigenvalue weighted by atomic mass is 10.2. The van der Waals surface area contributed by atoms with Crippen LogP contribution in [0.4, 0.5) is 5.69 Å². The van der Waals surface area contributed by atoms with Crippen LogP contribution in [0.3, 0.4) is 0 Å². The van der Waals surface area contributed by atoms with Crippen molar-refractivity contribution in [2.45, 2.75) is 0 Å². The monoisotopic (exact) mass is 228 g/mol. The number of rotatable bonds is 2. The molecule has 2 rings (SSSR count). The second-order valence-electron chi connectivity index (χ2n) is 3.47. The molecule has 0 spiro atoms. The molecular weight excluding hydrogens is 212 g/mol. The molecule has 3 nitrogen and oxygen atoms in total. The van der Waals surface area contributed by atoms with Crippen LogP contribution in [0.1, 0.15) is 10.4 Å². The summed E-state index contributed by atoms with van der Waals surface area (Å²) in [5, 5.41) is 1.58. The largest absolute Gasteiger partial charge is 0.314 e. The third kappa shape index (κ3) is 4.95. The molecule has 88 valence electrons. The Balaban J connectivity index is 0.000000171. The first-order valence-electron chi connectivity index (χ1n) is 5.27. The number of nitrogens with zero attached hydrogens (tertiary/aromatic N) is 1. The van der Waals surface area contributed by atoms with Crippen LogP contribution in [0.5, 0.6) is 0 Å². The van der Waals surface area contributed by atoms with E-state index in [-0.39, 0.29) is 0 Å². The van der Waals surface area contributed by atoms with Gasteiger partial charge in [-0.15, -0.1) is 0 Å². The number of benzene rings is 2. The van der Waals surface area contributed by atoms with E-state index in [2.05, 4.69) is 0 Å². The quantitative estimate of drug-likeness (QED) is 0.488. The lowest BCUT2D eigenvalue weighted by molar-refractivity contribution is 0.112. The zero-order chi connectivity index (χ0) is 12.5. The van der Waals surface area contributed by atoms with Crippen molar-refractivity contribution in [2.24, 2.45) is 5.84 Å². The van der Waals surface area contributed by atoms with Gasteiger partial charge >= 0.3 is 0 Å². The summed E-state index contributed by atoms with van der Waals surface area (Å²) >= 11 is 0. The summed E-state index contributed by atoms with van der Waals surface area (Å²) in [5.74, 6) is 5.45. The van der Waals surface area contributed by atoms with Crippen molar-refractivity contribution in [3.8, 4) is 0 Å². The maximum Gasteiger partial charge on any atom is 0.150 e. The normalized spacial score (nSPS) is 8.82. The van der Waals surface area contributed by atoms with Gasteiger partial charge < -0.3 is 5.01 Å². The maximum absolute atomic E-state index is 10.0. The Bertz CT molecular complexity index is 426. The van der Waals surface area contributed by atoms with Crippen LogP contribution < -0.4 is 10.9 Å². The summed E-state index contributed by atoms with van der Waals surface area (Å²) in [5.41, 5.74) is 1.75. The third-order valence-electron chi connectivity index (χ3n) is 2.10. The van der Waals surface area contributed by atoms with E-state index < -0.39 is 0 Å². The molecule has 0 amide bonds. The van der Waals surface area contributed by atoms with E-state index in [4.69, 9.17) is 5.84 Å². The van der Waals surface area contributed by atoms with Crippen LogP contribution in [0, 0.1) is 0 Å². The summed E-state index contributed by atoms with van der Waals surface area (Å²) in [6, 6.07) is 18.9. The number of nitrogens with two attached hydrogens (primary N) is 1. The van der Waals surface area contributed by atoms with Crippen molar-refractivity contribution >= 4 is 12.0 Å². The highest BCUT2D eigenvalue weighted by Gasteiger charge is 1.88. The van der Waals surface area contributed by atoms with E-state index >= 15 is 0 Å². The van der Waals surface area contributed by atoms with E-state index in [1.54, 1.807) is 17.1 Å². The molecule has 0 aromatic heterocycles. The molecule has 0 aliphatic rings. The number of hydrogen-bond donors (Lipinski definition) is 1. The summed E-state index contributed by atoms with van der Waals surface area (Å²) in [4.78, 5) is 10.0. The van der Waals surface area contributed by atoms with Crippen molar-refractivity contribution in [3.05, 3.63) is 66.2 Å². The standard InChI is InChI=1S/C7H10N2.C7H6O/c1-9(8)7-5-3-2-4-6-7;8-6-7-4-2-1-3-5-7/h2-6H,8H2,1H3;1-6H. The number of anilines is 1. The number of hydrogen-bond acceptors (Lipinski definition) is 3. The molecule has 0 unspecified atom stereocenters. The molecule has 17 heavy (non-hydrogen) atoms. The zero-order valence-corrected chi connectivity index (χ0v) is 9.78. The first-order chi connectivity index (χ1) is 8.24. The Kier molecular flexibility index (Phi) is 5.47. The van der Waals surface area contributed by atoms with Gasteiger partial charge in [0, 0.05) is 12.6 Å². The zero-order valence-electron chi connectivity index (χ0n) is 9.78. The first-order valence-corrected chi connectivity index (χ1v) is 5.27. The van der Waals surface area contributed by atoms with E-state index in [9.17, 15) is 4.79 Å². The topological polar surface area (TPSA) is 46.3 Å². The molecule has 0 atom stereocenters. The molecule has 2 aromatic rings. The second kappa shape index (κ2) is 7.19. The molecule has 0 aliphatic carbocycles. The van der Waals surface area contributed by atoms with Gasteiger partial charge in [-0.3, -0.25) is 4.79 Å². The van der Waals surface area contributed by atoms with Gasteiger partial charge in [0.2, 0.25) is 0 Å². The average Bonchev–Trinajstić information content (AvgIpc) is 2.41. The highest BCUT2D eigenvalue weighted by atomic mass is 16.1. The number of hydrazine groups is 1. The van der Waals surface area contributed by atoms with Crippen LogP contribution in [0.2, 0.25) is 0 Å². The van der Waals surface area contributed by atoms with Gasteiger partial charge in [-0.1, -0.05) is 48.5 Å².